The van der Waals surface area contributed by atoms with E-state index in [2.05, 4.69) is 19.2 Å². The lowest BCUT2D eigenvalue weighted by Gasteiger charge is -2.23. The van der Waals surface area contributed by atoms with Crippen molar-refractivity contribution < 1.29 is 13.7 Å². The standard InChI is InChI=1S/C16H27NO3S/c1-11(2)12(3)21(18)10-15(17-4)14-9-13(19-5)7-8-16(14)20-6/h7-9,11-12,15,17H,10H2,1-6H3. The van der Waals surface area contributed by atoms with Gasteiger partial charge in [-0.1, -0.05) is 20.8 Å². The van der Waals surface area contributed by atoms with Crippen molar-refractivity contribution >= 4 is 10.8 Å². The first kappa shape index (κ1) is 18.0. The lowest BCUT2D eigenvalue weighted by Crippen LogP contribution is -2.29. The fourth-order valence-corrected chi connectivity index (χ4v) is 3.65. The van der Waals surface area contributed by atoms with Crippen LogP contribution in [0, 0.1) is 5.92 Å². The smallest absolute Gasteiger partial charge is 0.123 e. The summed E-state index contributed by atoms with van der Waals surface area (Å²) in [6.45, 7) is 6.24. The van der Waals surface area contributed by atoms with Crippen LogP contribution in [-0.4, -0.2) is 36.5 Å². The second-order valence-electron chi connectivity index (χ2n) is 5.45. The van der Waals surface area contributed by atoms with Crippen LogP contribution in [0.5, 0.6) is 11.5 Å². The highest BCUT2D eigenvalue weighted by atomic mass is 32.2. The number of nitrogens with one attached hydrogen (secondary N) is 1. The van der Waals surface area contributed by atoms with Gasteiger partial charge in [0.2, 0.25) is 0 Å². The minimum Gasteiger partial charge on any atom is -0.497 e. The number of benzene rings is 1. The molecule has 1 N–H and O–H groups in total. The molecule has 3 atom stereocenters. The van der Waals surface area contributed by atoms with Crippen molar-refractivity contribution in [3.63, 3.8) is 0 Å². The number of rotatable bonds is 8. The quantitative estimate of drug-likeness (QED) is 0.802. The highest BCUT2D eigenvalue weighted by Gasteiger charge is 2.22. The lowest BCUT2D eigenvalue weighted by molar-refractivity contribution is 0.393. The summed E-state index contributed by atoms with van der Waals surface area (Å²) in [5.74, 6) is 2.51. The van der Waals surface area contributed by atoms with E-state index in [1.807, 2.05) is 32.2 Å². The van der Waals surface area contributed by atoms with E-state index < -0.39 is 10.8 Å². The van der Waals surface area contributed by atoms with Crippen LogP contribution in [0.1, 0.15) is 32.4 Å². The fourth-order valence-electron chi connectivity index (χ4n) is 2.06. The number of ether oxygens (including phenoxy) is 2. The van der Waals surface area contributed by atoms with E-state index in [-0.39, 0.29) is 11.3 Å². The highest BCUT2D eigenvalue weighted by Crippen LogP contribution is 2.30. The first-order chi connectivity index (χ1) is 9.94. The highest BCUT2D eigenvalue weighted by molar-refractivity contribution is 7.85. The van der Waals surface area contributed by atoms with Crippen molar-refractivity contribution in [1.82, 2.24) is 5.32 Å². The second kappa shape index (κ2) is 8.39. The van der Waals surface area contributed by atoms with E-state index in [0.717, 1.165) is 17.1 Å². The second-order valence-corrected chi connectivity index (χ2v) is 7.28. The zero-order valence-electron chi connectivity index (χ0n) is 13.8. The Morgan fingerprint density at radius 1 is 1.19 bits per heavy atom. The van der Waals surface area contributed by atoms with Gasteiger partial charge in [-0.05, 0) is 31.2 Å². The van der Waals surface area contributed by atoms with Crippen molar-refractivity contribution in [1.29, 1.82) is 0 Å². The van der Waals surface area contributed by atoms with Gasteiger partial charge in [-0.15, -0.1) is 0 Å². The van der Waals surface area contributed by atoms with Gasteiger partial charge in [-0.25, -0.2) is 0 Å². The Hall–Kier alpha value is -1.07. The zero-order chi connectivity index (χ0) is 16.0. The van der Waals surface area contributed by atoms with Gasteiger partial charge < -0.3 is 14.8 Å². The maximum atomic E-state index is 12.5. The van der Waals surface area contributed by atoms with E-state index in [9.17, 15) is 4.21 Å². The summed E-state index contributed by atoms with van der Waals surface area (Å²) < 4.78 is 23.2. The molecule has 0 amide bonds. The average molecular weight is 313 g/mol. The molecule has 0 radical (unpaired) electrons. The minimum atomic E-state index is -0.903. The first-order valence-corrected chi connectivity index (χ1v) is 8.59. The van der Waals surface area contributed by atoms with Crippen LogP contribution in [-0.2, 0) is 10.8 Å². The normalized spacial score (nSPS) is 15.6. The Kier molecular flexibility index (Phi) is 7.18. The van der Waals surface area contributed by atoms with Crippen molar-refractivity contribution in [3.05, 3.63) is 23.8 Å². The van der Waals surface area contributed by atoms with Crippen LogP contribution in [0.4, 0.5) is 0 Å². The molecule has 1 aromatic carbocycles. The SMILES string of the molecule is CNC(CS(=O)C(C)C(C)C)c1cc(OC)ccc1OC. The number of hydrogen-bond donors (Lipinski definition) is 1. The molecule has 0 heterocycles. The maximum absolute atomic E-state index is 12.5. The van der Waals surface area contributed by atoms with Crippen LogP contribution in [0.3, 0.4) is 0 Å². The maximum Gasteiger partial charge on any atom is 0.123 e. The molecule has 1 rings (SSSR count). The average Bonchev–Trinajstić information content (AvgIpc) is 2.50. The summed E-state index contributed by atoms with van der Waals surface area (Å²) >= 11 is 0. The van der Waals surface area contributed by atoms with E-state index in [0.29, 0.717) is 11.7 Å². The van der Waals surface area contributed by atoms with E-state index in [4.69, 9.17) is 9.47 Å². The van der Waals surface area contributed by atoms with Crippen molar-refractivity contribution in [2.24, 2.45) is 5.92 Å². The molecule has 0 bridgehead atoms. The fraction of sp³-hybridized carbons (Fsp3) is 0.625. The van der Waals surface area contributed by atoms with Gasteiger partial charge in [0.15, 0.2) is 0 Å². The Morgan fingerprint density at radius 3 is 2.33 bits per heavy atom. The molecule has 0 aliphatic carbocycles. The van der Waals surface area contributed by atoms with Crippen molar-refractivity contribution in [3.8, 4) is 11.5 Å². The number of hydrogen-bond acceptors (Lipinski definition) is 4. The zero-order valence-corrected chi connectivity index (χ0v) is 14.6. The van der Waals surface area contributed by atoms with Gasteiger partial charge in [0.1, 0.15) is 11.5 Å². The van der Waals surface area contributed by atoms with Gasteiger partial charge in [0.05, 0.1) is 14.2 Å². The Bertz CT molecular complexity index is 477. The van der Waals surface area contributed by atoms with Crippen LogP contribution in [0.15, 0.2) is 18.2 Å². The third kappa shape index (κ3) is 4.71. The summed E-state index contributed by atoms with van der Waals surface area (Å²) in [6.07, 6.45) is 0. The molecule has 1 aromatic rings. The van der Waals surface area contributed by atoms with Crippen molar-refractivity contribution in [2.45, 2.75) is 32.1 Å². The largest absolute Gasteiger partial charge is 0.497 e. The van der Waals surface area contributed by atoms with E-state index >= 15 is 0 Å². The van der Waals surface area contributed by atoms with Gasteiger partial charge >= 0.3 is 0 Å². The molecule has 5 heteroatoms. The van der Waals surface area contributed by atoms with Gasteiger partial charge in [0.25, 0.3) is 0 Å². The molecule has 3 unspecified atom stereocenters. The molecule has 0 aliphatic heterocycles. The Balaban J connectivity index is 3.01. The Labute approximate surface area is 130 Å². The Morgan fingerprint density at radius 2 is 1.86 bits per heavy atom. The molecule has 0 aliphatic rings. The summed E-state index contributed by atoms with van der Waals surface area (Å²) in [5, 5.41) is 3.40. The summed E-state index contributed by atoms with van der Waals surface area (Å²) in [5.41, 5.74) is 0.976. The van der Waals surface area contributed by atoms with E-state index in [1.54, 1.807) is 14.2 Å². The van der Waals surface area contributed by atoms with Crippen molar-refractivity contribution in [2.75, 3.05) is 27.0 Å². The monoisotopic (exact) mass is 313 g/mol. The molecular weight excluding hydrogens is 286 g/mol. The molecule has 0 saturated carbocycles. The third-order valence-electron chi connectivity index (χ3n) is 3.85. The number of methoxy groups -OCH3 is 2. The van der Waals surface area contributed by atoms with Crippen LogP contribution in [0.2, 0.25) is 0 Å². The predicted molar refractivity (Wildman–Crippen MR) is 88.7 cm³/mol. The molecule has 0 saturated heterocycles. The first-order valence-electron chi connectivity index (χ1n) is 7.20. The molecule has 0 spiro atoms. The minimum absolute atomic E-state index is 0.0305. The van der Waals surface area contributed by atoms with Crippen LogP contribution < -0.4 is 14.8 Å². The molecule has 0 fully saturated rings. The molecular formula is C16H27NO3S. The predicted octanol–water partition coefficient (Wildman–Crippen LogP) is 2.76. The van der Waals surface area contributed by atoms with Crippen LogP contribution >= 0.6 is 0 Å². The summed E-state index contributed by atoms with van der Waals surface area (Å²) in [4.78, 5) is 0. The summed E-state index contributed by atoms with van der Waals surface area (Å²) in [7, 11) is 4.26. The van der Waals surface area contributed by atoms with Gasteiger partial charge in [-0.3, -0.25) is 4.21 Å². The molecule has 21 heavy (non-hydrogen) atoms. The molecule has 0 aromatic heterocycles. The topological polar surface area (TPSA) is 47.6 Å². The van der Waals surface area contributed by atoms with Gasteiger partial charge in [0, 0.05) is 33.4 Å². The molecule has 120 valence electrons. The third-order valence-corrected chi connectivity index (χ3v) is 5.88. The summed E-state index contributed by atoms with van der Waals surface area (Å²) in [6, 6.07) is 5.66. The van der Waals surface area contributed by atoms with E-state index in [1.165, 1.54) is 0 Å². The molecule has 4 nitrogen and oxygen atoms in total. The van der Waals surface area contributed by atoms with Crippen LogP contribution in [0.25, 0.3) is 0 Å². The lowest BCUT2D eigenvalue weighted by atomic mass is 10.1. The van der Waals surface area contributed by atoms with Gasteiger partial charge in [-0.2, -0.15) is 0 Å².